The van der Waals surface area contributed by atoms with Crippen LogP contribution in [0.4, 0.5) is 10.1 Å². The van der Waals surface area contributed by atoms with E-state index in [0.29, 0.717) is 33.4 Å². The highest BCUT2D eigenvalue weighted by molar-refractivity contribution is 6.36. The molecule has 3 N–H and O–H groups in total. The monoisotopic (exact) mass is 500 g/mol. The summed E-state index contributed by atoms with van der Waals surface area (Å²) in [6, 6.07) is 11.3. The Morgan fingerprint density at radius 1 is 1.03 bits per heavy atom. The molecular formula is C26H27Cl2FN4O. The molecule has 5 nitrogen and oxygen atoms in total. The van der Waals surface area contributed by atoms with Gasteiger partial charge in [-0.05, 0) is 79.6 Å². The van der Waals surface area contributed by atoms with Gasteiger partial charge in [0.2, 0.25) is 0 Å². The molecule has 1 aliphatic heterocycles. The smallest absolute Gasteiger partial charge is 0.281 e. The summed E-state index contributed by atoms with van der Waals surface area (Å²) in [7, 11) is 0. The molecule has 8 heteroatoms. The first-order chi connectivity index (χ1) is 16.4. The zero-order valence-corrected chi connectivity index (χ0v) is 20.3. The van der Waals surface area contributed by atoms with Crippen molar-refractivity contribution in [1.82, 2.24) is 10.4 Å². The first-order valence-corrected chi connectivity index (χ1v) is 12.2. The second kappa shape index (κ2) is 11.2. The van der Waals surface area contributed by atoms with Crippen molar-refractivity contribution in [2.24, 2.45) is 10.7 Å². The van der Waals surface area contributed by atoms with Crippen LogP contribution in [-0.4, -0.2) is 29.7 Å². The van der Waals surface area contributed by atoms with Gasteiger partial charge in [-0.25, -0.2) is 14.4 Å². The molecule has 2 aromatic rings. The Hall–Kier alpha value is -2.67. The topological polar surface area (TPSA) is 70.7 Å². The maximum absolute atomic E-state index is 13.4. The lowest BCUT2D eigenvalue weighted by Gasteiger charge is -2.28. The molecule has 0 bridgehead atoms. The maximum atomic E-state index is 13.4. The molecule has 1 amide bonds. The molecule has 0 unspecified atom stereocenters. The number of rotatable bonds is 4. The number of carbonyl (C=O) groups is 1. The number of hydrazine groups is 1. The van der Waals surface area contributed by atoms with Gasteiger partial charge in [-0.1, -0.05) is 41.8 Å². The van der Waals surface area contributed by atoms with Crippen molar-refractivity contribution >= 4 is 46.6 Å². The Balaban J connectivity index is 1.75. The summed E-state index contributed by atoms with van der Waals surface area (Å²) in [5.74, 6) is -0.623. The van der Waals surface area contributed by atoms with Crippen LogP contribution in [0, 0.1) is 5.82 Å². The van der Waals surface area contributed by atoms with Crippen LogP contribution >= 0.6 is 23.2 Å². The van der Waals surface area contributed by atoms with E-state index in [0.717, 1.165) is 49.9 Å². The van der Waals surface area contributed by atoms with Gasteiger partial charge in [0.15, 0.2) is 0 Å². The Labute approximate surface area is 209 Å². The maximum Gasteiger partial charge on any atom is 0.281 e. The van der Waals surface area contributed by atoms with Crippen LogP contribution in [0.1, 0.15) is 44.1 Å². The van der Waals surface area contributed by atoms with Gasteiger partial charge < -0.3 is 5.73 Å². The van der Waals surface area contributed by atoms with Gasteiger partial charge in [-0.2, -0.15) is 0 Å². The molecule has 2 fully saturated rings. The van der Waals surface area contributed by atoms with Gasteiger partial charge in [0.1, 0.15) is 11.5 Å². The van der Waals surface area contributed by atoms with E-state index in [9.17, 15) is 9.18 Å². The average molecular weight is 501 g/mol. The van der Waals surface area contributed by atoms with Gasteiger partial charge in [0, 0.05) is 23.7 Å². The number of allylic oxidation sites excluding steroid dienone is 2. The van der Waals surface area contributed by atoms with Crippen LogP contribution in [-0.2, 0) is 4.79 Å². The van der Waals surface area contributed by atoms with Gasteiger partial charge in [0.25, 0.3) is 5.91 Å². The van der Waals surface area contributed by atoms with Gasteiger partial charge in [-0.3, -0.25) is 10.2 Å². The molecule has 1 aliphatic carbocycles. The van der Waals surface area contributed by atoms with E-state index >= 15 is 0 Å². The largest absolute Gasteiger partial charge is 0.394 e. The van der Waals surface area contributed by atoms with Gasteiger partial charge in [0.05, 0.1) is 16.4 Å². The van der Waals surface area contributed by atoms with Crippen molar-refractivity contribution in [1.29, 1.82) is 0 Å². The number of benzene rings is 2. The lowest BCUT2D eigenvalue weighted by Crippen LogP contribution is -2.47. The van der Waals surface area contributed by atoms with E-state index < -0.39 is 0 Å². The fraction of sp³-hybridized carbons (Fsp3) is 0.308. The van der Waals surface area contributed by atoms with Crippen molar-refractivity contribution in [3.8, 4) is 0 Å². The summed E-state index contributed by atoms with van der Waals surface area (Å²) in [6.07, 6.45) is 7.38. The van der Waals surface area contributed by atoms with E-state index in [4.69, 9.17) is 33.9 Å². The van der Waals surface area contributed by atoms with Crippen LogP contribution in [0.15, 0.2) is 64.3 Å². The normalized spacial score (nSPS) is 21.0. The highest BCUT2D eigenvalue weighted by Crippen LogP contribution is 2.34. The van der Waals surface area contributed by atoms with Crippen LogP contribution in [0.2, 0.25) is 10.0 Å². The number of aliphatic imine (C=N–C) groups is 1. The standard InChI is InChI=1S/C26H27Cl2FN4O/c27-19-9-12-23(22(28)16-19)31-25-18(15-17-7-10-20(29)11-8-17)5-4-6-21(25)24(30)26(34)32-33-13-2-1-3-14-33/h7-12,15-16H,1-6,13-14,30H2,(H,32,34)/b18-15+,24-21?,31-25?. The Morgan fingerprint density at radius 3 is 2.47 bits per heavy atom. The minimum atomic E-state index is -0.324. The van der Waals surface area contributed by atoms with Crippen molar-refractivity contribution in [2.45, 2.75) is 38.5 Å². The zero-order chi connectivity index (χ0) is 24.1. The third-order valence-corrected chi connectivity index (χ3v) is 6.54. The molecule has 4 rings (SSSR count). The number of nitrogens with one attached hydrogen (secondary N) is 1. The Kier molecular flexibility index (Phi) is 8.03. The molecule has 0 radical (unpaired) electrons. The predicted molar refractivity (Wildman–Crippen MR) is 137 cm³/mol. The molecule has 0 spiro atoms. The molecule has 178 valence electrons. The average Bonchev–Trinajstić information content (AvgIpc) is 2.83. The third kappa shape index (κ3) is 6.06. The minimum absolute atomic E-state index is 0.152. The summed E-state index contributed by atoms with van der Waals surface area (Å²) in [5.41, 5.74) is 13.1. The Morgan fingerprint density at radius 2 is 1.76 bits per heavy atom. The van der Waals surface area contributed by atoms with Crippen LogP contribution in [0.5, 0.6) is 0 Å². The number of halogens is 3. The molecule has 1 saturated carbocycles. The van der Waals surface area contributed by atoms with Crippen molar-refractivity contribution in [3.05, 3.63) is 80.7 Å². The van der Waals surface area contributed by atoms with Crippen LogP contribution < -0.4 is 11.2 Å². The SMILES string of the molecule is NC(C(=O)NN1CCCCC1)=C1CCC/C(=C\c2ccc(F)cc2)C1=Nc1ccc(Cl)cc1Cl. The summed E-state index contributed by atoms with van der Waals surface area (Å²) < 4.78 is 13.4. The van der Waals surface area contributed by atoms with Gasteiger partial charge in [-0.15, -0.1) is 0 Å². The summed E-state index contributed by atoms with van der Waals surface area (Å²) in [6.45, 7) is 1.62. The van der Waals surface area contributed by atoms with Crippen LogP contribution in [0.25, 0.3) is 6.08 Å². The summed E-state index contributed by atoms with van der Waals surface area (Å²) in [5, 5.41) is 2.84. The number of amides is 1. The number of hydrogen-bond acceptors (Lipinski definition) is 4. The first kappa shape index (κ1) is 24.5. The molecule has 2 aliphatic rings. The fourth-order valence-electron chi connectivity index (χ4n) is 4.23. The Bertz CT molecular complexity index is 1150. The number of piperidine rings is 1. The molecule has 0 atom stereocenters. The highest BCUT2D eigenvalue weighted by atomic mass is 35.5. The molecule has 1 heterocycles. The highest BCUT2D eigenvalue weighted by Gasteiger charge is 2.25. The van der Waals surface area contributed by atoms with E-state index in [2.05, 4.69) is 5.43 Å². The van der Waals surface area contributed by atoms with Crippen LogP contribution in [0.3, 0.4) is 0 Å². The molecular weight excluding hydrogens is 474 g/mol. The van der Waals surface area contributed by atoms with E-state index in [1.807, 2.05) is 11.1 Å². The number of nitrogens with zero attached hydrogens (tertiary/aromatic N) is 2. The second-order valence-electron chi connectivity index (χ2n) is 8.51. The molecule has 2 aromatic carbocycles. The zero-order valence-electron chi connectivity index (χ0n) is 18.8. The molecule has 0 aromatic heterocycles. The fourth-order valence-corrected chi connectivity index (χ4v) is 4.68. The lowest BCUT2D eigenvalue weighted by molar-refractivity contribution is -0.122. The van der Waals surface area contributed by atoms with E-state index in [1.54, 1.807) is 30.3 Å². The lowest BCUT2D eigenvalue weighted by atomic mass is 9.85. The van der Waals surface area contributed by atoms with Crippen molar-refractivity contribution in [3.63, 3.8) is 0 Å². The van der Waals surface area contributed by atoms with E-state index in [-0.39, 0.29) is 17.4 Å². The number of nitrogens with two attached hydrogens (primary N) is 1. The summed E-state index contributed by atoms with van der Waals surface area (Å²) in [4.78, 5) is 17.9. The molecule has 1 saturated heterocycles. The predicted octanol–water partition coefficient (Wildman–Crippen LogP) is 6.20. The number of carbonyl (C=O) groups excluding carboxylic acids is 1. The molecule has 34 heavy (non-hydrogen) atoms. The van der Waals surface area contributed by atoms with Crippen molar-refractivity contribution in [2.75, 3.05) is 13.1 Å². The van der Waals surface area contributed by atoms with Gasteiger partial charge >= 0.3 is 0 Å². The third-order valence-electron chi connectivity index (χ3n) is 6.00. The second-order valence-corrected chi connectivity index (χ2v) is 9.36. The van der Waals surface area contributed by atoms with Crippen molar-refractivity contribution < 1.29 is 9.18 Å². The minimum Gasteiger partial charge on any atom is -0.394 e. The quantitative estimate of drug-likeness (QED) is 0.490. The van der Waals surface area contributed by atoms with E-state index in [1.165, 1.54) is 18.6 Å². The number of hydrogen-bond donors (Lipinski definition) is 2. The first-order valence-electron chi connectivity index (χ1n) is 11.5. The summed E-state index contributed by atoms with van der Waals surface area (Å²) >= 11 is 12.5.